The van der Waals surface area contributed by atoms with E-state index >= 15 is 0 Å². The SMILES string of the molecule is C=Cc1c(NC)c(OC(C)C)cc2c(C(=O)NC)c(-c3ccc(F)cc3)oc12. The van der Waals surface area contributed by atoms with Gasteiger partial charge in [-0.3, -0.25) is 4.79 Å². The minimum absolute atomic E-state index is 0.0610. The first-order chi connectivity index (χ1) is 13.4. The number of carbonyl (C=O) groups is 1. The topological polar surface area (TPSA) is 63.5 Å². The van der Waals surface area contributed by atoms with Crippen LogP contribution < -0.4 is 15.4 Å². The number of amides is 1. The summed E-state index contributed by atoms with van der Waals surface area (Å²) < 4.78 is 25.5. The summed E-state index contributed by atoms with van der Waals surface area (Å²) in [5, 5.41) is 6.38. The zero-order chi connectivity index (χ0) is 20.4. The number of hydrogen-bond acceptors (Lipinski definition) is 4. The maximum absolute atomic E-state index is 13.4. The number of furan rings is 1. The Bertz CT molecular complexity index is 1040. The van der Waals surface area contributed by atoms with Crippen molar-refractivity contribution in [1.82, 2.24) is 5.32 Å². The third kappa shape index (κ3) is 3.33. The Kier molecular flexibility index (Phi) is 5.40. The van der Waals surface area contributed by atoms with Crippen LogP contribution in [-0.2, 0) is 0 Å². The standard InChI is InChI=1S/C22H23FN2O3/c1-6-15-19(24-4)17(27-12(2)3)11-16-18(22(26)25-5)20(28-21(15)16)13-7-9-14(23)10-8-13/h6-12,24H,1H2,2-5H3,(H,25,26). The van der Waals surface area contributed by atoms with E-state index in [1.54, 1.807) is 38.4 Å². The highest BCUT2D eigenvalue weighted by molar-refractivity contribution is 6.13. The maximum atomic E-state index is 13.4. The largest absolute Gasteiger partial charge is 0.489 e. The molecular weight excluding hydrogens is 359 g/mol. The van der Waals surface area contributed by atoms with E-state index in [4.69, 9.17) is 9.15 Å². The van der Waals surface area contributed by atoms with Gasteiger partial charge < -0.3 is 19.8 Å². The number of nitrogens with one attached hydrogen (secondary N) is 2. The van der Waals surface area contributed by atoms with Gasteiger partial charge in [-0.1, -0.05) is 12.7 Å². The van der Waals surface area contributed by atoms with Crippen LogP contribution in [0.3, 0.4) is 0 Å². The van der Waals surface area contributed by atoms with Crippen molar-refractivity contribution in [2.75, 3.05) is 19.4 Å². The molecule has 1 amide bonds. The van der Waals surface area contributed by atoms with Crippen molar-refractivity contribution in [3.63, 3.8) is 0 Å². The van der Waals surface area contributed by atoms with Crippen LogP contribution in [0.1, 0.15) is 29.8 Å². The first-order valence-corrected chi connectivity index (χ1v) is 8.99. The molecule has 0 unspecified atom stereocenters. The van der Waals surface area contributed by atoms with Gasteiger partial charge in [0, 0.05) is 30.6 Å². The van der Waals surface area contributed by atoms with Crippen molar-refractivity contribution in [2.24, 2.45) is 0 Å². The Morgan fingerprint density at radius 3 is 2.46 bits per heavy atom. The lowest BCUT2D eigenvalue weighted by Gasteiger charge is -2.16. The summed E-state index contributed by atoms with van der Waals surface area (Å²) in [7, 11) is 3.34. The summed E-state index contributed by atoms with van der Waals surface area (Å²) >= 11 is 0. The molecule has 3 aromatic rings. The summed E-state index contributed by atoms with van der Waals surface area (Å²) in [5.74, 6) is 0.289. The van der Waals surface area contributed by atoms with Gasteiger partial charge in [0.1, 0.15) is 22.9 Å². The number of halogens is 1. The molecule has 0 fully saturated rings. The minimum Gasteiger partial charge on any atom is -0.489 e. The molecule has 0 aliphatic heterocycles. The Balaban J connectivity index is 2.40. The summed E-state index contributed by atoms with van der Waals surface area (Å²) in [6, 6.07) is 7.61. The molecule has 2 aromatic carbocycles. The smallest absolute Gasteiger partial charge is 0.255 e. The number of hydrogen-bond donors (Lipinski definition) is 2. The van der Waals surface area contributed by atoms with Crippen LogP contribution in [0.25, 0.3) is 28.4 Å². The molecule has 1 heterocycles. The van der Waals surface area contributed by atoms with Crippen molar-refractivity contribution in [3.8, 4) is 17.1 Å². The summed E-state index contributed by atoms with van der Waals surface area (Å²) in [6.07, 6.45) is 1.60. The van der Waals surface area contributed by atoms with E-state index in [-0.39, 0.29) is 17.8 Å². The molecule has 0 atom stereocenters. The van der Waals surface area contributed by atoms with Gasteiger partial charge in [-0.05, 0) is 44.2 Å². The fourth-order valence-corrected chi connectivity index (χ4v) is 3.19. The second-order valence-corrected chi connectivity index (χ2v) is 6.55. The highest BCUT2D eigenvalue weighted by atomic mass is 19.1. The molecule has 146 valence electrons. The highest BCUT2D eigenvalue weighted by Gasteiger charge is 2.26. The van der Waals surface area contributed by atoms with Crippen LogP contribution in [0.4, 0.5) is 10.1 Å². The first kappa shape index (κ1) is 19.5. The predicted molar refractivity (Wildman–Crippen MR) is 110 cm³/mol. The zero-order valence-electron chi connectivity index (χ0n) is 16.4. The Hall–Kier alpha value is -3.28. The lowest BCUT2D eigenvalue weighted by atomic mass is 10.0. The molecule has 0 aliphatic carbocycles. The van der Waals surface area contributed by atoms with E-state index in [0.717, 1.165) is 5.69 Å². The molecule has 2 N–H and O–H groups in total. The monoisotopic (exact) mass is 382 g/mol. The lowest BCUT2D eigenvalue weighted by molar-refractivity contribution is 0.0964. The van der Waals surface area contributed by atoms with Gasteiger partial charge in [0.05, 0.1) is 17.4 Å². The maximum Gasteiger partial charge on any atom is 0.255 e. The molecular formula is C22H23FN2O3. The van der Waals surface area contributed by atoms with E-state index in [0.29, 0.717) is 39.2 Å². The lowest BCUT2D eigenvalue weighted by Crippen LogP contribution is -2.18. The van der Waals surface area contributed by atoms with Crippen molar-refractivity contribution in [3.05, 3.63) is 53.9 Å². The summed E-state index contributed by atoms with van der Waals surface area (Å²) in [5.41, 5.74) is 2.88. The third-order valence-electron chi connectivity index (χ3n) is 4.36. The molecule has 3 rings (SSSR count). The van der Waals surface area contributed by atoms with Gasteiger partial charge in [0.15, 0.2) is 0 Å². The zero-order valence-corrected chi connectivity index (χ0v) is 16.4. The average Bonchev–Trinajstić information content (AvgIpc) is 3.05. The number of benzene rings is 2. The van der Waals surface area contributed by atoms with Crippen LogP contribution in [0.5, 0.6) is 5.75 Å². The minimum atomic E-state index is -0.363. The van der Waals surface area contributed by atoms with Crippen LogP contribution in [0.15, 0.2) is 41.3 Å². The van der Waals surface area contributed by atoms with Crippen molar-refractivity contribution in [2.45, 2.75) is 20.0 Å². The number of carbonyl (C=O) groups excluding carboxylic acids is 1. The van der Waals surface area contributed by atoms with Crippen LogP contribution in [-0.4, -0.2) is 26.1 Å². The van der Waals surface area contributed by atoms with Gasteiger partial charge in [-0.15, -0.1) is 0 Å². The molecule has 28 heavy (non-hydrogen) atoms. The van der Waals surface area contributed by atoms with E-state index in [2.05, 4.69) is 17.2 Å². The first-order valence-electron chi connectivity index (χ1n) is 8.99. The molecule has 0 saturated heterocycles. The van der Waals surface area contributed by atoms with Gasteiger partial charge in [-0.25, -0.2) is 4.39 Å². The molecule has 1 aromatic heterocycles. The van der Waals surface area contributed by atoms with Gasteiger partial charge in [-0.2, -0.15) is 0 Å². The Morgan fingerprint density at radius 1 is 1.25 bits per heavy atom. The normalized spacial score (nSPS) is 10.9. The molecule has 0 spiro atoms. The Labute approximate surface area is 163 Å². The molecule has 0 aliphatic rings. The number of ether oxygens (including phenoxy) is 1. The number of rotatable bonds is 6. The third-order valence-corrected chi connectivity index (χ3v) is 4.36. The van der Waals surface area contributed by atoms with Crippen LogP contribution >= 0.6 is 0 Å². The van der Waals surface area contributed by atoms with Crippen molar-refractivity contribution >= 4 is 28.6 Å². The van der Waals surface area contributed by atoms with Crippen LogP contribution in [0, 0.1) is 5.82 Å². The molecule has 0 bridgehead atoms. The van der Waals surface area contributed by atoms with E-state index < -0.39 is 0 Å². The quantitative estimate of drug-likeness (QED) is 0.625. The highest BCUT2D eigenvalue weighted by Crippen LogP contribution is 2.43. The van der Waals surface area contributed by atoms with E-state index in [1.807, 2.05) is 13.8 Å². The van der Waals surface area contributed by atoms with Crippen LogP contribution in [0.2, 0.25) is 0 Å². The summed E-state index contributed by atoms with van der Waals surface area (Å²) in [4.78, 5) is 12.7. The fraction of sp³-hybridized carbons (Fsp3) is 0.227. The number of anilines is 1. The van der Waals surface area contributed by atoms with Gasteiger partial charge >= 0.3 is 0 Å². The predicted octanol–water partition coefficient (Wildman–Crippen LogP) is 5.07. The van der Waals surface area contributed by atoms with Gasteiger partial charge in [0.25, 0.3) is 5.91 Å². The van der Waals surface area contributed by atoms with Crippen molar-refractivity contribution in [1.29, 1.82) is 0 Å². The second-order valence-electron chi connectivity index (χ2n) is 6.55. The molecule has 0 radical (unpaired) electrons. The molecule has 6 heteroatoms. The van der Waals surface area contributed by atoms with E-state index in [9.17, 15) is 9.18 Å². The number of fused-ring (bicyclic) bond motifs is 1. The molecule has 5 nitrogen and oxygen atoms in total. The van der Waals surface area contributed by atoms with Crippen molar-refractivity contribution < 1.29 is 18.3 Å². The molecule has 0 saturated carbocycles. The van der Waals surface area contributed by atoms with E-state index in [1.165, 1.54) is 12.1 Å². The fourth-order valence-electron chi connectivity index (χ4n) is 3.19. The second kappa shape index (κ2) is 7.76. The summed E-state index contributed by atoms with van der Waals surface area (Å²) in [6.45, 7) is 7.75. The Morgan fingerprint density at radius 2 is 1.93 bits per heavy atom. The van der Waals surface area contributed by atoms with Gasteiger partial charge in [0.2, 0.25) is 0 Å². The average molecular weight is 382 g/mol.